The van der Waals surface area contributed by atoms with Gasteiger partial charge in [0.05, 0.1) is 0 Å². The van der Waals surface area contributed by atoms with Gasteiger partial charge in [-0.1, -0.05) is 23.7 Å². The van der Waals surface area contributed by atoms with Crippen LogP contribution in [0.3, 0.4) is 0 Å². The van der Waals surface area contributed by atoms with Crippen LogP contribution < -0.4 is 9.46 Å². The minimum absolute atomic E-state index is 0.0549. The molecule has 2 atom stereocenters. The Balaban J connectivity index is 1.39. The second-order valence-electron chi connectivity index (χ2n) is 9.42. The number of benzene rings is 2. The Labute approximate surface area is 215 Å². The smallest absolute Gasteiger partial charge is 0.267 e. The Bertz CT molecular complexity index is 1240. The molecule has 2 amide bonds. The van der Waals surface area contributed by atoms with Crippen molar-refractivity contribution in [3.8, 4) is 5.75 Å². The van der Waals surface area contributed by atoms with Crippen molar-refractivity contribution in [2.45, 2.75) is 50.2 Å². The van der Waals surface area contributed by atoms with E-state index in [1.54, 1.807) is 17.0 Å². The number of hydrogen-bond acceptors (Lipinski definition) is 6. The highest BCUT2D eigenvalue weighted by Crippen LogP contribution is 2.31. The second kappa shape index (κ2) is 10.7. The first-order chi connectivity index (χ1) is 17.0. The molecular weight excluding hydrogens is 509 g/mol. The third-order valence-corrected chi connectivity index (χ3v) is 8.07. The Hall–Kier alpha value is -2.69. The molecular formula is C25H29ClFN3O5S. The lowest BCUT2D eigenvalue weighted by Crippen LogP contribution is -2.58. The van der Waals surface area contributed by atoms with Crippen LogP contribution in [0, 0.1) is 11.7 Å². The number of nitrogens with one attached hydrogen (secondary N) is 1. The number of hydrogen-bond donors (Lipinski definition) is 1. The standard InChI is InChI=1S/C25H29ClFN3O5S/c1-16-13-30(17(2)12-29(16)14-18-3-8-21(27)9-4-18)24(31)15-35-22-10-7-20(26)11-23(22)36(33,34)28-25(32)19-5-6-19/h3-4,7-11,16-17,19H,5-6,12-15H2,1-2H3,(H,28,32). The summed E-state index contributed by atoms with van der Waals surface area (Å²) in [5, 5.41) is 0.160. The van der Waals surface area contributed by atoms with Crippen LogP contribution >= 0.6 is 11.6 Å². The van der Waals surface area contributed by atoms with Crippen molar-refractivity contribution in [1.82, 2.24) is 14.5 Å². The van der Waals surface area contributed by atoms with E-state index < -0.39 is 15.9 Å². The second-order valence-corrected chi connectivity index (χ2v) is 11.5. The molecule has 1 aliphatic heterocycles. The van der Waals surface area contributed by atoms with E-state index in [4.69, 9.17) is 16.3 Å². The Kier molecular flexibility index (Phi) is 7.87. The van der Waals surface area contributed by atoms with Gasteiger partial charge in [0, 0.05) is 42.7 Å². The molecule has 2 aromatic rings. The normalized spacial score (nSPS) is 20.7. The van der Waals surface area contributed by atoms with Crippen LogP contribution in [-0.2, 0) is 26.2 Å². The van der Waals surface area contributed by atoms with Crippen molar-refractivity contribution in [2.75, 3.05) is 19.7 Å². The molecule has 1 saturated carbocycles. The largest absolute Gasteiger partial charge is 0.482 e. The molecule has 194 valence electrons. The number of amides is 2. The first-order valence-electron chi connectivity index (χ1n) is 11.8. The van der Waals surface area contributed by atoms with Crippen LogP contribution in [0.2, 0.25) is 5.02 Å². The Morgan fingerprint density at radius 3 is 2.44 bits per heavy atom. The van der Waals surface area contributed by atoms with Gasteiger partial charge >= 0.3 is 0 Å². The Morgan fingerprint density at radius 1 is 1.08 bits per heavy atom. The average molecular weight is 538 g/mol. The van der Waals surface area contributed by atoms with Crippen molar-refractivity contribution in [2.24, 2.45) is 5.92 Å². The lowest BCUT2D eigenvalue weighted by Gasteiger charge is -2.44. The molecule has 8 nitrogen and oxygen atoms in total. The van der Waals surface area contributed by atoms with Crippen molar-refractivity contribution >= 4 is 33.4 Å². The third kappa shape index (κ3) is 6.35. The van der Waals surface area contributed by atoms with Gasteiger partial charge in [-0.05, 0) is 62.6 Å². The molecule has 1 heterocycles. The molecule has 0 radical (unpaired) electrons. The maximum atomic E-state index is 13.2. The predicted octanol–water partition coefficient (Wildman–Crippen LogP) is 3.19. The van der Waals surface area contributed by atoms with Gasteiger partial charge in [-0.25, -0.2) is 17.5 Å². The summed E-state index contributed by atoms with van der Waals surface area (Å²) >= 11 is 6.00. The molecule has 2 aromatic carbocycles. The van der Waals surface area contributed by atoms with E-state index in [0.29, 0.717) is 32.5 Å². The summed E-state index contributed by atoms with van der Waals surface area (Å²) in [5.41, 5.74) is 0.990. The minimum atomic E-state index is -4.21. The molecule has 4 rings (SSSR count). The highest BCUT2D eigenvalue weighted by molar-refractivity contribution is 7.90. The summed E-state index contributed by atoms with van der Waals surface area (Å²) < 4.78 is 46.5. The van der Waals surface area contributed by atoms with Crippen molar-refractivity contribution in [3.63, 3.8) is 0 Å². The fourth-order valence-corrected chi connectivity index (χ4v) is 5.69. The number of nitrogens with zero attached hydrogens (tertiary/aromatic N) is 2. The highest BCUT2D eigenvalue weighted by Gasteiger charge is 2.35. The molecule has 36 heavy (non-hydrogen) atoms. The van der Waals surface area contributed by atoms with Crippen LogP contribution in [0.1, 0.15) is 32.3 Å². The van der Waals surface area contributed by atoms with Gasteiger partial charge in [-0.2, -0.15) is 0 Å². The maximum Gasteiger partial charge on any atom is 0.267 e. The fraction of sp³-hybridized carbons (Fsp3) is 0.440. The summed E-state index contributed by atoms with van der Waals surface area (Å²) in [4.78, 5) is 28.7. The van der Waals surface area contributed by atoms with Crippen molar-refractivity contribution < 1.29 is 27.1 Å². The zero-order valence-corrected chi connectivity index (χ0v) is 21.7. The van der Waals surface area contributed by atoms with Crippen LogP contribution in [0.4, 0.5) is 4.39 Å². The van der Waals surface area contributed by atoms with Crippen LogP contribution in [0.15, 0.2) is 47.4 Å². The van der Waals surface area contributed by atoms with Gasteiger partial charge in [-0.15, -0.1) is 0 Å². The third-order valence-electron chi connectivity index (χ3n) is 6.46. The molecule has 11 heteroatoms. The number of rotatable bonds is 8. The fourth-order valence-electron chi connectivity index (χ4n) is 4.24. The van der Waals surface area contributed by atoms with E-state index in [1.807, 2.05) is 13.8 Å². The van der Waals surface area contributed by atoms with Crippen molar-refractivity contribution in [1.29, 1.82) is 0 Å². The summed E-state index contributed by atoms with van der Waals surface area (Å²) in [5.74, 6) is -1.47. The topological polar surface area (TPSA) is 96.0 Å². The van der Waals surface area contributed by atoms with Gasteiger partial charge in [0.25, 0.3) is 15.9 Å². The number of piperazine rings is 1. The lowest BCUT2D eigenvalue weighted by atomic mass is 10.1. The molecule has 2 fully saturated rings. The predicted molar refractivity (Wildman–Crippen MR) is 132 cm³/mol. The van der Waals surface area contributed by atoms with Crippen LogP contribution in [0.5, 0.6) is 5.75 Å². The molecule has 0 spiro atoms. The highest BCUT2D eigenvalue weighted by atomic mass is 35.5. The van der Waals surface area contributed by atoms with Crippen molar-refractivity contribution in [3.05, 3.63) is 58.9 Å². The molecule has 1 saturated heterocycles. The van der Waals surface area contributed by atoms with E-state index in [2.05, 4.69) is 9.62 Å². The monoisotopic (exact) mass is 537 g/mol. The average Bonchev–Trinajstić information content (AvgIpc) is 3.67. The minimum Gasteiger partial charge on any atom is -0.482 e. The maximum absolute atomic E-state index is 13.2. The SMILES string of the molecule is CC1CN(C(=O)COc2ccc(Cl)cc2S(=O)(=O)NC(=O)C2CC2)C(C)CN1Cc1ccc(F)cc1. The number of sulfonamides is 1. The van der Waals surface area contributed by atoms with E-state index in [-0.39, 0.29) is 52.0 Å². The molecule has 2 unspecified atom stereocenters. The van der Waals surface area contributed by atoms with Gasteiger partial charge in [0.1, 0.15) is 16.5 Å². The van der Waals surface area contributed by atoms with E-state index in [0.717, 1.165) is 5.56 Å². The molecule has 2 aliphatic rings. The van der Waals surface area contributed by atoms with Gasteiger partial charge in [0.2, 0.25) is 5.91 Å². The summed E-state index contributed by atoms with van der Waals surface area (Å²) in [6.07, 6.45) is 1.31. The summed E-state index contributed by atoms with van der Waals surface area (Å²) in [6, 6.07) is 10.4. The summed E-state index contributed by atoms with van der Waals surface area (Å²) in [7, 11) is -4.21. The van der Waals surface area contributed by atoms with E-state index >= 15 is 0 Å². The first-order valence-corrected chi connectivity index (χ1v) is 13.7. The Morgan fingerprint density at radius 2 is 1.78 bits per heavy atom. The lowest BCUT2D eigenvalue weighted by molar-refractivity contribution is -0.139. The van der Waals surface area contributed by atoms with Gasteiger partial charge in [-0.3, -0.25) is 14.5 Å². The number of halogens is 2. The number of carbonyl (C=O) groups is 2. The van der Waals surface area contributed by atoms with E-state index in [1.165, 1.54) is 30.3 Å². The van der Waals surface area contributed by atoms with Gasteiger partial charge in [0.15, 0.2) is 6.61 Å². The molecule has 1 aliphatic carbocycles. The summed E-state index contributed by atoms with van der Waals surface area (Å²) in [6.45, 7) is 5.32. The molecule has 1 N–H and O–H groups in total. The van der Waals surface area contributed by atoms with Crippen LogP contribution in [0.25, 0.3) is 0 Å². The van der Waals surface area contributed by atoms with Gasteiger partial charge < -0.3 is 9.64 Å². The zero-order valence-electron chi connectivity index (χ0n) is 20.1. The first kappa shape index (κ1) is 26.4. The molecule has 0 aromatic heterocycles. The zero-order chi connectivity index (χ0) is 26.0. The quantitative estimate of drug-likeness (QED) is 0.555. The van der Waals surface area contributed by atoms with Crippen LogP contribution in [-0.4, -0.2) is 61.8 Å². The number of carbonyl (C=O) groups excluding carboxylic acids is 2. The molecule has 0 bridgehead atoms. The number of ether oxygens (including phenoxy) is 1. The van der Waals surface area contributed by atoms with E-state index in [9.17, 15) is 22.4 Å².